The molecule has 0 radical (unpaired) electrons. The Morgan fingerprint density at radius 2 is 1.93 bits per heavy atom. The van der Waals surface area contributed by atoms with Crippen molar-refractivity contribution in [3.05, 3.63) is 73.9 Å². The van der Waals surface area contributed by atoms with Gasteiger partial charge in [-0.15, -0.1) is 11.8 Å². The topological polar surface area (TPSA) is 66.9 Å². The highest BCUT2D eigenvalue weighted by atomic mass is 32.2. The highest BCUT2D eigenvalue weighted by molar-refractivity contribution is 8.00. The predicted octanol–water partition coefficient (Wildman–Crippen LogP) is 3.05. The summed E-state index contributed by atoms with van der Waals surface area (Å²) in [6, 6.07) is 11.5. The number of aryl methyl sites for hydroxylation is 2. The molecule has 0 bridgehead atoms. The van der Waals surface area contributed by atoms with Crippen LogP contribution >= 0.6 is 11.8 Å². The zero-order valence-electron chi connectivity index (χ0n) is 16.1. The second-order valence-electron chi connectivity index (χ2n) is 6.92. The fourth-order valence-corrected chi connectivity index (χ4v) is 4.60. The number of nitrogens with zero attached hydrogens (tertiary/aromatic N) is 1. The Balaban J connectivity index is 2.12. The molecule has 3 rings (SSSR count). The van der Waals surface area contributed by atoms with Gasteiger partial charge in [-0.2, -0.15) is 0 Å². The Hall–Kier alpha value is -2.31. The number of para-hydroxylation sites is 1. The molecule has 1 unspecified atom stereocenters. The molecule has 2 aromatic carbocycles. The van der Waals surface area contributed by atoms with Gasteiger partial charge in [0.25, 0.3) is 5.56 Å². The molecule has 0 amide bonds. The summed E-state index contributed by atoms with van der Waals surface area (Å²) in [5.74, 6) is 0. The SMILES string of the molecule is CNCC(C)Sc1c(C)cc(C)cc1Cn1c(=O)[nH]c(=O)c2ccccc21. The molecule has 0 aliphatic heterocycles. The van der Waals surface area contributed by atoms with Gasteiger partial charge < -0.3 is 5.32 Å². The van der Waals surface area contributed by atoms with Gasteiger partial charge in [0.2, 0.25) is 0 Å². The monoisotopic (exact) mass is 383 g/mol. The molecular formula is C21H25N3O2S. The van der Waals surface area contributed by atoms with Gasteiger partial charge in [0, 0.05) is 16.7 Å². The minimum absolute atomic E-state index is 0.343. The normalized spacial score (nSPS) is 12.4. The lowest BCUT2D eigenvalue weighted by Crippen LogP contribution is -2.30. The first-order chi connectivity index (χ1) is 12.9. The molecule has 0 saturated heterocycles. The number of rotatable bonds is 6. The molecule has 0 spiro atoms. The van der Waals surface area contributed by atoms with Crippen molar-refractivity contribution in [1.82, 2.24) is 14.9 Å². The molecule has 3 aromatic rings. The summed E-state index contributed by atoms with van der Waals surface area (Å²) >= 11 is 1.81. The van der Waals surface area contributed by atoms with E-state index >= 15 is 0 Å². The second-order valence-corrected chi connectivity index (χ2v) is 8.37. The molecular weight excluding hydrogens is 358 g/mol. The summed E-state index contributed by atoms with van der Waals surface area (Å²) in [4.78, 5) is 28.3. The third kappa shape index (κ3) is 4.17. The lowest BCUT2D eigenvalue weighted by Gasteiger charge is -2.19. The van der Waals surface area contributed by atoms with Gasteiger partial charge in [-0.1, -0.05) is 36.8 Å². The Morgan fingerprint density at radius 3 is 2.67 bits per heavy atom. The molecule has 5 nitrogen and oxygen atoms in total. The van der Waals surface area contributed by atoms with Gasteiger partial charge in [0.1, 0.15) is 0 Å². The summed E-state index contributed by atoms with van der Waals surface area (Å²) in [5, 5.41) is 4.14. The lowest BCUT2D eigenvalue weighted by molar-refractivity contribution is 0.742. The summed E-state index contributed by atoms with van der Waals surface area (Å²) in [6.45, 7) is 7.69. The number of fused-ring (bicyclic) bond motifs is 1. The zero-order valence-corrected chi connectivity index (χ0v) is 16.9. The van der Waals surface area contributed by atoms with Crippen molar-refractivity contribution in [3.63, 3.8) is 0 Å². The number of thioether (sulfide) groups is 1. The fourth-order valence-electron chi connectivity index (χ4n) is 3.43. The molecule has 0 aliphatic carbocycles. The van der Waals surface area contributed by atoms with Gasteiger partial charge in [-0.25, -0.2) is 4.79 Å². The Kier molecular flexibility index (Phi) is 5.87. The van der Waals surface area contributed by atoms with Crippen LogP contribution in [0, 0.1) is 13.8 Å². The van der Waals surface area contributed by atoms with Gasteiger partial charge in [-0.3, -0.25) is 14.3 Å². The first-order valence-corrected chi connectivity index (χ1v) is 9.92. The van der Waals surface area contributed by atoms with Gasteiger partial charge in [0.15, 0.2) is 0 Å². The largest absolute Gasteiger partial charge is 0.329 e. The molecule has 1 atom stereocenters. The maximum Gasteiger partial charge on any atom is 0.329 e. The van der Waals surface area contributed by atoms with Gasteiger partial charge in [-0.05, 0) is 44.2 Å². The molecule has 0 aliphatic rings. The van der Waals surface area contributed by atoms with E-state index in [9.17, 15) is 9.59 Å². The van der Waals surface area contributed by atoms with Crippen molar-refractivity contribution in [2.75, 3.05) is 13.6 Å². The summed E-state index contributed by atoms with van der Waals surface area (Å²) in [5.41, 5.74) is 3.40. The van der Waals surface area contributed by atoms with E-state index in [-0.39, 0.29) is 11.2 Å². The van der Waals surface area contributed by atoms with Crippen molar-refractivity contribution >= 4 is 22.7 Å². The molecule has 0 fully saturated rings. The van der Waals surface area contributed by atoms with E-state index in [0.29, 0.717) is 22.7 Å². The van der Waals surface area contributed by atoms with E-state index < -0.39 is 0 Å². The minimum atomic E-state index is -0.378. The summed E-state index contributed by atoms with van der Waals surface area (Å²) < 4.78 is 1.65. The first-order valence-electron chi connectivity index (χ1n) is 9.04. The van der Waals surface area contributed by atoms with Crippen LogP contribution in [0.2, 0.25) is 0 Å². The van der Waals surface area contributed by atoms with Crippen LogP contribution in [-0.2, 0) is 6.54 Å². The minimum Gasteiger partial charge on any atom is -0.319 e. The number of hydrogen-bond donors (Lipinski definition) is 2. The van der Waals surface area contributed by atoms with E-state index in [1.807, 2.05) is 37.0 Å². The highest BCUT2D eigenvalue weighted by Crippen LogP contribution is 2.31. The Labute approximate surface area is 162 Å². The molecule has 0 saturated carbocycles. The maximum atomic E-state index is 12.6. The third-order valence-electron chi connectivity index (χ3n) is 4.54. The van der Waals surface area contributed by atoms with Gasteiger partial charge >= 0.3 is 5.69 Å². The lowest BCUT2D eigenvalue weighted by atomic mass is 10.1. The molecule has 27 heavy (non-hydrogen) atoms. The molecule has 1 heterocycles. The number of aromatic nitrogens is 2. The highest BCUT2D eigenvalue weighted by Gasteiger charge is 2.14. The number of nitrogens with one attached hydrogen (secondary N) is 2. The second kappa shape index (κ2) is 8.15. The van der Waals surface area contributed by atoms with Crippen molar-refractivity contribution in [1.29, 1.82) is 0 Å². The number of aromatic amines is 1. The number of H-pyrrole nitrogens is 1. The van der Waals surface area contributed by atoms with Crippen molar-refractivity contribution < 1.29 is 0 Å². The predicted molar refractivity (Wildman–Crippen MR) is 113 cm³/mol. The van der Waals surface area contributed by atoms with E-state index in [1.165, 1.54) is 10.5 Å². The molecule has 2 N–H and O–H groups in total. The zero-order chi connectivity index (χ0) is 19.6. The first kappa shape index (κ1) is 19.5. The third-order valence-corrected chi connectivity index (χ3v) is 5.93. The Morgan fingerprint density at radius 1 is 1.19 bits per heavy atom. The van der Waals surface area contributed by atoms with Crippen LogP contribution in [0.1, 0.15) is 23.6 Å². The van der Waals surface area contributed by atoms with E-state index in [1.54, 1.807) is 10.6 Å². The van der Waals surface area contributed by atoms with E-state index in [0.717, 1.165) is 17.7 Å². The molecule has 1 aromatic heterocycles. The average Bonchev–Trinajstić information content (AvgIpc) is 2.61. The van der Waals surface area contributed by atoms with Crippen LogP contribution in [0.5, 0.6) is 0 Å². The van der Waals surface area contributed by atoms with Crippen LogP contribution in [0.4, 0.5) is 0 Å². The van der Waals surface area contributed by atoms with Crippen molar-refractivity contribution in [2.24, 2.45) is 0 Å². The van der Waals surface area contributed by atoms with Crippen LogP contribution in [-0.4, -0.2) is 28.4 Å². The van der Waals surface area contributed by atoms with E-state index in [2.05, 4.69) is 43.2 Å². The number of hydrogen-bond acceptors (Lipinski definition) is 4. The average molecular weight is 384 g/mol. The Bertz CT molecular complexity index is 1080. The smallest absolute Gasteiger partial charge is 0.319 e. The quantitative estimate of drug-likeness (QED) is 0.642. The molecule has 142 valence electrons. The molecule has 6 heteroatoms. The maximum absolute atomic E-state index is 12.6. The van der Waals surface area contributed by atoms with Crippen molar-refractivity contribution in [3.8, 4) is 0 Å². The van der Waals surface area contributed by atoms with Crippen molar-refractivity contribution in [2.45, 2.75) is 37.5 Å². The number of benzene rings is 2. The fraction of sp³-hybridized carbons (Fsp3) is 0.333. The van der Waals surface area contributed by atoms with Crippen LogP contribution in [0.3, 0.4) is 0 Å². The van der Waals surface area contributed by atoms with Crippen LogP contribution in [0.25, 0.3) is 10.9 Å². The van der Waals surface area contributed by atoms with Gasteiger partial charge in [0.05, 0.1) is 17.4 Å². The van der Waals surface area contributed by atoms with Crippen LogP contribution < -0.4 is 16.6 Å². The summed E-state index contributed by atoms with van der Waals surface area (Å²) in [6.07, 6.45) is 0. The van der Waals surface area contributed by atoms with E-state index in [4.69, 9.17) is 0 Å². The van der Waals surface area contributed by atoms with Crippen LogP contribution in [0.15, 0.2) is 50.9 Å². The standard InChI is InChI=1S/C21H25N3O2S/c1-13-9-14(2)19(27-15(3)11-22-4)16(10-13)12-24-18-8-6-5-7-17(18)20(25)23-21(24)26/h5-10,15,22H,11-12H2,1-4H3,(H,23,25,26). The summed E-state index contributed by atoms with van der Waals surface area (Å²) in [7, 11) is 1.95.